The molecule has 0 fully saturated rings. The van der Waals surface area contributed by atoms with Crippen molar-refractivity contribution in [3.8, 4) is 17.2 Å². The van der Waals surface area contributed by atoms with Crippen molar-refractivity contribution < 1.29 is 36.9 Å². The van der Waals surface area contributed by atoms with Crippen LogP contribution in [0.1, 0.15) is 16.7 Å². The normalized spacial score (nSPS) is 13.3. The Kier molecular flexibility index (Phi) is 7.41. The number of benzene rings is 2. The number of carbonyl (C=O) groups excluding carboxylic acids is 1. The van der Waals surface area contributed by atoms with Crippen LogP contribution in [0, 0.1) is 0 Å². The lowest BCUT2D eigenvalue weighted by Gasteiger charge is -2.20. The third-order valence-corrected chi connectivity index (χ3v) is 4.30. The third kappa shape index (κ3) is 6.92. The van der Waals surface area contributed by atoms with Gasteiger partial charge in [0.05, 0.1) is 13.7 Å². The second-order valence-corrected chi connectivity index (χ2v) is 6.72. The quantitative estimate of drug-likeness (QED) is 0.635. The fourth-order valence-corrected chi connectivity index (χ4v) is 2.85. The zero-order chi connectivity index (χ0) is 22.3. The largest absolute Gasteiger partial charge is 0.493 e. The summed E-state index contributed by atoms with van der Waals surface area (Å²) in [6, 6.07) is 10.3. The zero-order valence-electron chi connectivity index (χ0n) is 16.8. The second-order valence-electron chi connectivity index (χ2n) is 6.72. The summed E-state index contributed by atoms with van der Waals surface area (Å²) in [5.74, 6) is 1.33. The van der Waals surface area contributed by atoms with Gasteiger partial charge in [0, 0.05) is 12.6 Å². The summed E-state index contributed by atoms with van der Waals surface area (Å²) in [5, 5.41) is 2.75. The van der Waals surface area contributed by atoms with E-state index in [9.17, 15) is 18.0 Å². The maximum Gasteiger partial charge on any atom is 0.411 e. The molecule has 3 rings (SSSR count). The molecular weight excluding hydrogens is 415 g/mol. The number of methoxy groups -OCH3 is 1. The molecule has 0 bridgehead atoms. The predicted molar refractivity (Wildman–Crippen MR) is 107 cm³/mol. The van der Waals surface area contributed by atoms with Crippen molar-refractivity contribution in [1.29, 1.82) is 0 Å². The van der Waals surface area contributed by atoms with Gasteiger partial charge in [0.1, 0.15) is 19.8 Å². The molecule has 2 aromatic rings. The van der Waals surface area contributed by atoms with Gasteiger partial charge in [0.2, 0.25) is 11.7 Å². The Morgan fingerprint density at radius 2 is 1.84 bits per heavy atom. The average molecular weight is 437 g/mol. The van der Waals surface area contributed by atoms with Crippen molar-refractivity contribution in [3.63, 3.8) is 0 Å². The highest BCUT2D eigenvalue weighted by Crippen LogP contribution is 2.40. The monoisotopic (exact) mass is 437 g/mol. The molecule has 0 aliphatic carbocycles. The van der Waals surface area contributed by atoms with Crippen LogP contribution in [0.2, 0.25) is 0 Å². The molecule has 1 N–H and O–H groups in total. The number of hydrogen-bond donors (Lipinski definition) is 1. The number of hydrogen-bond acceptors (Lipinski definition) is 5. The molecule has 0 aromatic heterocycles. The second kappa shape index (κ2) is 10.2. The summed E-state index contributed by atoms with van der Waals surface area (Å²) in [6.45, 7) is -0.253. The van der Waals surface area contributed by atoms with Crippen LogP contribution in [0.25, 0.3) is 6.08 Å². The van der Waals surface area contributed by atoms with Crippen molar-refractivity contribution in [3.05, 3.63) is 59.2 Å². The number of fused-ring (bicyclic) bond motifs is 1. The number of rotatable bonds is 8. The number of nitrogens with one attached hydrogen (secondary N) is 1. The van der Waals surface area contributed by atoms with Crippen LogP contribution in [0.4, 0.5) is 13.2 Å². The molecule has 0 saturated heterocycles. The van der Waals surface area contributed by atoms with Gasteiger partial charge in [0.15, 0.2) is 11.5 Å². The maximum absolute atomic E-state index is 12.1. The Morgan fingerprint density at radius 3 is 2.55 bits per heavy atom. The molecule has 1 heterocycles. The van der Waals surface area contributed by atoms with Gasteiger partial charge in [-0.05, 0) is 34.9 Å². The van der Waals surface area contributed by atoms with Crippen LogP contribution < -0.4 is 19.5 Å². The highest BCUT2D eigenvalue weighted by Gasteiger charge is 2.27. The van der Waals surface area contributed by atoms with E-state index in [1.807, 2.05) is 0 Å². The first-order valence-corrected chi connectivity index (χ1v) is 9.50. The van der Waals surface area contributed by atoms with E-state index in [4.69, 9.17) is 14.2 Å². The Bertz CT molecular complexity index is 909. The average Bonchev–Trinajstić information content (AvgIpc) is 2.75. The predicted octanol–water partition coefficient (Wildman–Crippen LogP) is 3.87. The van der Waals surface area contributed by atoms with E-state index in [1.54, 1.807) is 42.5 Å². The van der Waals surface area contributed by atoms with Gasteiger partial charge in [-0.15, -0.1) is 0 Å². The number of amides is 1. The first-order valence-electron chi connectivity index (χ1n) is 9.50. The van der Waals surface area contributed by atoms with E-state index in [0.29, 0.717) is 36.0 Å². The van der Waals surface area contributed by atoms with E-state index in [0.717, 1.165) is 11.1 Å². The van der Waals surface area contributed by atoms with Crippen LogP contribution in [0.3, 0.4) is 0 Å². The number of ether oxygens (including phenoxy) is 4. The molecule has 0 atom stereocenters. The Labute approximate surface area is 177 Å². The molecule has 0 unspecified atom stereocenters. The smallest absolute Gasteiger partial charge is 0.411 e. The minimum absolute atomic E-state index is 0.131. The van der Waals surface area contributed by atoms with Gasteiger partial charge in [-0.1, -0.05) is 24.3 Å². The van der Waals surface area contributed by atoms with Crippen molar-refractivity contribution >= 4 is 12.0 Å². The Hall–Kier alpha value is -3.20. The number of carbonyl (C=O) groups is 1. The standard InChI is InChI=1S/C22H22F3NO5/c1-28-18-10-17(11-19-21(18)31-9-8-30-19)6-7-20(27)26-12-15-2-4-16(5-3-15)13-29-14-22(23,24)25/h2-7,10-11H,8-9,12-14H2,1H3,(H,26,27)/b7-6+. The lowest BCUT2D eigenvalue weighted by atomic mass is 10.1. The van der Waals surface area contributed by atoms with Gasteiger partial charge in [0.25, 0.3) is 0 Å². The minimum Gasteiger partial charge on any atom is -0.493 e. The molecule has 6 nitrogen and oxygen atoms in total. The van der Waals surface area contributed by atoms with Crippen molar-refractivity contribution in [2.24, 2.45) is 0 Å². The Balaban J connectivity index is 1.50. The van der Waals surface area contributed by atoms with Gasteiger partial charge in [-0.25, -0.2) is 0 Å². The fourth-order valence-electron chi connectivity index (χ4n) is 2.85. The molecule has 0 spiro atoms. The van der Waals surface area contributed by atoms with Crippen LogP contribution in [-0.4, -0.2) is 39.0 Å². The molecule has 166 valence electrons. The highest BCUT2D eigenvalue weighted by atomic mass is 19.4. The number of halogens is 3. The van der Waals surface area contributed by atoms with Crippen LogP contribution in [0.15, 0.2) is 42.5 Å². The van der Waals surface area contributed by atoms with Crippen LogP contribution in [0.5, 0.6) is 17.2 Å². The summed E-state index contributed by atoms with van der Waals surface area (Å²) in [6.07, 6.45) is -1.32. The molecule has 31 heavy (non-hydrogen) atoms. The van der Waals surface area contributed by atoms with E-state index in [2.05, 4.69) is 10.1 Å². The van der Waals surface area contributed by atoms with E-state index < -0.39 is 12.8 Å². The highest BCUT2D eigenvalue weighted by molar-refractivity contribution is 5.91. The van der Waals surface area contributed by atoms with E-state index in [-0.39, 0.29) is 19.1 Å². The molecule has 1 aliphatic rings. The summed E-state index contributed by atoms with van der Waals surface area (Å²) in [7, 11) is 1.53. The fraction of sp³-hybridized carbons (Fsp3) is 0.318. The molecular formula is C22H22F3NO5. The molecule has 9 heteroatoms. The minimum atomic E-state index is -4.34. The first-order chi connectivity index (χ1) is 14.8. The van der Waals surface area contributed by atoms with Gasteiger partial charge >= 0.3 is 6.18 Å². The van der Waals surface area contributed by atoms with Crippen LogP contribution in [-0.2, 0) is 22.7 Å². The topological polar surface area (TPSA) is 66.0 Å². The molecule has 2 aromatic carbocycles. The Morgan fingerprint density at radius 1 is 1.13 bits per heavy atom. The number of alkyl halides is 3. The van der Waals surface area contributed by atoms with Gasteiger partial charge < -0.3 is 24.3 Å². The first kappa shape index (κ1) is 22.5. The molecule has 1 aliphatic heterocycles. The van der Waals surface area contributed by atoms with Gasteiger partial charge in [-0.3, -0.25) is 4.79 Å². The van der Waals surface area contributed by atoms with Crippen LogP contribution >= 0.6 is 0 Å². The van der Waals surface area contributed by atoms with Crippen molar-refractivity contribution in [2.75, 3.05) is 26.9 Å². The summed E-state index contributed by atoms with van der Waals surface area (Å²) < 4.78 is 57.3. The summed E-state index contributed by atoms with van der Waals surface area (Å²) in [4.78, 5) is 12.1. The molecule has 0 saturated carbocycles. The van der Waals surface area contributed by atoms with E-state index in [1.165, 1.54) is 13.2 Å². The van der Waals surface area contributed by atoms with E-state index >= 15 is 0 Å². The lowest BCUT2D eigenvalue weighted by Crippen LogP contribution is -2.20. The SMILES string of the molecule is COc1cc(/C=C/C(=O)NCc2ccc(COCC(F)(F)F)cc2)cc2c1OCCO2. The summed E-state index contributed by atoms with van der Waals surface area (Å²) in [5.41, 5.74) is 2.15. The molecule has 0 radical (unpaired) electrons. The van der Waals surface area contributed by atoms with Crippen molar-refractivity contribution in [2.45, 2.75) is 19.3 Å². The lowest BCUT2D eigenvalue weighted by molar-refractivity contribution is -0.176. The maximum atomic E-state index is 12.1. The van der Waals surface area contributed by atoms with Gasteiger partial charge in [-0.2, -0.15) is 13.2 Å². The zero-order valence-corrected chi connectivity index (χ0v) is 16.8. The summed E-state index contributed by atoms with van der Waals surface area (Å²) >= 11 is 0. The third-order valence-electron chi connectivity index (χ3n) is 4.30. The molecule has 1 amide bonds. The van der Waals surface area contributed by atoms with Crippen molar-refractivity contribution in [1.82, 2.24) is 5.32 Å².